The molecule has 126 valence electrons. The lowest BCUT2D eigenvalue weighted by Gasteiger charge is -2.18. The van der Waals surface area contributed by atoms with Crippen molar-refractivity contribution < 1.29 is 14.3 Å². The third-order valence-electron chi connectivity index (χ3n) is 2.88. The summed E-state index contributed by atoms with van der Waals surface area (Å²) in [5.41, 5.74) is 0.592. The Hall–Kier alpha value is -1.99. The molecule has 1 aromatic rings. The van der Waals surface area contributed by atoms with Gasteiger partial charge in [-0.25, -0.2) is 0 Å². The molecule has 7 heteroatoms. The number of rotatable bonds is 5. The van der Waals surface area contributed by atoms with E-state index in [9.17, 15) is 9.59 Å². The number of thiocarbonyl (C=S) groups is 1. The summed E-state index contributed by atoms with van der Waals surface area (Å²) in [6.45, 7) is 6.29. The number of nitrogens with one attached hydrogen (secondary N) is 3. The van der Waals surface area contributed by atoms with Crippen molar-refractivity contribution >= 4 is 34.8 Å². The Labute approximate surface area is 142 Å². The SMILES string of the molecule is COCCNC(=O)c1cccc(NC(=S)NC(=O)C(C)(C)C)c1. The summed E-state index contributed by atoms with van der Waals surface area (Å²) in [5.74, 6) is -0.376. The van der Waals surface area contributed by atoms with Crippen molar-refractivity contribution in [2.24, 2.45) is 5.41 Å². The van der Waals surface area contributed by atoms with Gasteiger partial charge in [0.05, 0.1) is 6.61 Å². The quantitative estimate of drug-likeness (QED) is 0.565. The zero-order valence-corrected chi connectivity index (χ0v) is 14.7. The summed E-state index contributed by atoms with van der Waals surface area (Å²) in [7, 11) is 1.57. The van der Waals surface area contributed by atoms with Crippen LogP contribution in [-0.2, 0) is 9.53 Å². The van der Waals surface area contributed by atoms with Gasteiger partial charge < -0.3 is 20.7 Å². The molecule has 0 saturated heterocycles. The Bertz CT molecular complexity index is 582. The van der Waals surface area contributed by atoms with Gasteiger partial charge in [0.2, 0.25) is 5.91 Å². The van der Waals surface area contributed by atoms with Crippen LogP contribution in [0.25, 0.3) is 0 Å². The number of amides is 2. The van der Waals surface area contributed by atoms with E-state index in [0.29, 0.717) is 24.4 Å². The maximum atomic E-state index is 12.0. The molecule has 23 heavy (non-hydrogen) atoms. The fourth-order valence-corrected chi connectivity index (χ4v) is 1.77. The molecule has 0 aromatic heterocycles. The Morgan fingerprint density at radius 2 is 1.96 bits per heavy atom. The molecule has 0 spiro atoms. The van der Waals surface area contributed by atoms with E-state index in [1.807, 2.05) is 0 Å². The smallest absolute Gasteiger partial charge is 0.251 e. The maximum absolute atomic E-state index is 12.0. The molecular formula is C16H23N3O3S. The third kappa shape index (κ3) is 6.75. The largest absolute Gasteiger partial charge is 0.383 e. The van der Waals surface area contributed by atoms with Crippen LogP contribution < -0.4 is 16.0 Å². The van der Waals surface area contributed by atoms with Crippen LogP contribution in [0.5, 0.6) is 0 Å². The summed E-state index contributed by atoms with van der Waals surface area (Å²) < 4.78 is 4.88. The van der Waals surface area contributed by atoms with Gasteiger partial charge in [-0.3, -0.25) is 9.59 Å². The summed E-state index contributed by atoms with van der Waals surface area (Å²) in [6.07, 6.45) is 0. The van der Waals surface area contributed by atoms with Crippen LogP contribution in [0, 0.1) is 5.41 Å². The summed E-state index contributed by atoms with van der Waals surface area (Å²) in [6, 6.07) is 6.87. The second kappa shape index (κ2) is 8.59. The lowest BCUT2D eigenvalue weighted by Crippen LogP contribution is -2.41. The zero-order chi connectivity index (χ0) is 17.5. The number of hydrogen-bond acceptors (Lipinski definition) is 4. The first kappa shape index (κ1) is 19.1. The van der Waals surface area contributed by atoms with E-state index in [4.69, 9.17) is 17.0 Å². The number of carbonyl (C=O) groups excluding carboxylic acids is 2. The minimum absolute atomic E-state index is 0.177. The van der Waals surface area contributed by atoms with Crippen molar-refractivity contribution in [2.75, 3.05) is 25.6 Å². The minimum Gasteiger partial charge on any atom is -0.383 e. The number of carbonyl (C=O) groups is 2. The first-order valence-electron chi connectivity index (χ1n) is 7.23. The monoisotopic (exact) mass is 337 g/mol. The van der Waals surface area contributed by atoms with Crippen LogP contribution in [0.2, 0.25) is 0 Å². The number of hydrogen-bond donors (Lipinski definition) is 3. The normalized spacial score (nSPS) is 10.8. The Morgan fingerprint density at radius 1 is 1.26 bits per heavy atom. The van der Waals surface area contributed by atoms with Gasteiger partial charge >= 0.3 is 0 Å². The fraction of sp³-hybridized carbons (Fsp3) is 0.438. The summed E-state index contributed by atoms with van der Waals surface area (Å²) >= 11 is 5.12. The van der Waals surface area contributed by atoms with Crippen LogP contribution in [0.1, 0.15) is 31.1 Å². The molecule has 0 atom stereocenters. The van der Waals surface area contributed by atoms with Gasteiger partial charge in [-0.15, -0.1) is 0 Å². The van der Waals surface area contributed by atoms with Crippen molar-refractivity contribution in [1.29, 1.82) is 0 Å². The van der Waals surface area contributed by atoms with Gasteiger partial charge in [-0.2, -0.15) is 0 Å². The minimum atomic E-state index is -0.533. The molecule has 0 saturated carbocycles. The van der Waals surface area contributed by atoms with Gasteiger partial charge in [-0.05, 0) is 30.4 Å². The van der Waals surface area contributed by atoms with E-state index >= 15 is 0 Å². The van der Waals surface area contributed by atoms with Crippen LogP contribution in [-0.4, -0.2) is 37.2 Å². The molecule has 0 aliphatic rings. The third-order valence-corrected chi connectivity index (χ3v) is 3.09. The Morgan fingerprint density at radius 3 is 2.57 bits per heavy atom. The topological polar surface area (TPSA) is 79.5 Å². The van der Waals surface area contributed by atoms with Crippen LogP contribution in [0.15, 0.2) is 24.3 Å². The molecule has 6 nitrogen and oxygen atoms in total. The molecule has 0 fully saturated rings. The zero-order valence-electron chi connectivity index (χ0n) is 13.9. The first-order chi connectivity index (χ1) is 10.7. The highest BCUT2D eigenvalue weighted by molar-refractivity contribution is 7.80. The average molecular weight is 337 g/mol. The molecule has 0 unspecified atom stereocenters. The van der Waals surface area contributed by atoms with E-state index in [1.54, 1.807) is 52.1 Å². The van der Waals surface area contributed by atoms with Crippen molar-refractivity contribution in [3.63, 3.8) is 0 Å². The molecule has 0 heterocycles. The van der Waals surface area contributed by atoms with Crippen LogP contribution in [0.3, 0.4) is 0 Å². The van der Waals surface area contributed by atoms with Gasteiger partial charge in [0, 0.05) is 30.3 Å². The molecule has 0 aliphatic heterocycles. The summed E-state index contributed by atoms with van der Waals surface area (Å²) in [5, 5.41) is 8.46. The number of ether oxygens (including phenoxy) is 1. The highest BCUT2D eigenvalue weighted by Crippen LogP contribution is 2.13. The van der Waals surface area contributed by atoms with Crippen molar-refractivity contribution in [3.8, 4) is 0 Å². The highest BCUT2D eigenvalue weighted by Gasteiger charge is 2.22. The fourth-order valence-electron chi connectivity index (χ4n) is 1.56. The van der Waals surface area contributed by atoms with Gasteiger partial charge in [0.15, 0.2) is 5.11 Å². The predicted octanol–water partition coefficient (Wildman–Crippen LogP) is 1.92. The second-order valence-electron chi connectivity index (χ2n) is 5.99. The maximum Gasteiger partial charge on any atom is 0.251 e. The summed E-state index contributed by atoms with van der Waals surface area (Å²) in [4.78, 5) is 23.8. The number of anilines is 1. The predicted molar refractivity (Wildman–Crippen MR) is 94.5 cm³/mol. The highest BCUT2D eigenvalue weighted by atomic mass is 32.1. The van der Waals surface area contributed by atoms with Crippen molar-refractivity contribution in [2.45, 2.75) is 20.8 Å². The number of methoxy groups -OCH3 is 1. The molecule has 0 aliphatic carbocycles. The van der Waals surface area contributed by atoms with Crippen molar-refractivity contribution in [3.05, 3.63) is 29.8 Å². The van der Waals surface area contributed by atoms with E-state index in [1.165, 1.54) is 0 Å². The standard InChI is InChI=1S/C16H23N3O3S/c1-16(2,3)14(21)19-15(23)18-12-7-5-6-11(10-12)13(20)17-8-9-22-4/h5-7,10H,8-9H2,1-4H3,(H,17,20)(H2,18,19,21,23). The van der Waals surface area contributed by atoms with Crippen LogP contribution in [0.4, 0.5) is 5.69 Å². The Balaban J connectivity index is 2.65. The molecule has 0 radical (unpaired) electrons. The molecule has 1 aromatic carbocycles. The van der Waals surface area contributed by atoms with Gasteiger partial charge in [-0.1, -0.05) is 26.8 Å². The second-order valence-corrected chi connectivity index (χ2v) is 6.40. The molecule has 0 bridgehead atoms. The molecule has 3 N–H and O–H groups in total. The van der Waals surface area contributed by atoms with E-state index in [2.05, 4.69) is 16.0 Å². The van der Waals surface area contributed by atoms with E-state index in [0.717, 1.165) is 0 Å². The van der Waals surface area contributed by atoms with Gasteiger partial charge in [0.25, 0.3) is 5.91 Å². The first-order valence-corrected chi connectivity index (χ1v) is 7.64. The molecular weight excluding hydrogens is 314 g/mol. The lowest BCUT2D eigenvalue weighted by molar-refractivity contribution is -0.126. The van der Waals surface area contributed by atoms with E-state index < -0.39 is 5.41 Å². The number of benzene rings is 1. The molecule has 2 amide bonds. The molecule has 1 rings (SSSR count). The van der Waals surface area contributed by atoms with Gasteiger partial charge in [0.1, 0.15) is 0 Å². The lowest BCUT2D eigenvalue weighted by atomic mass is 9.96. The average Bonchev–Trinajstić information content (AvgIpc) is 2.46. The van der Waals surface area contributed by atoms with E-state index in [-0.39, 0.29) is 16.9 Å². The Kier molecular flexibility index (Phi) is 7.12. The van der Waals surface area contributed by atoms with Crippen LogP contribution >= 0.6 is 12.2 Å². The van der Waals surface area contributed by atoms with Crippen molar-refractivity contribution in [1.82, 2.24) is 10.6 Å².